The summed E-state index contributed by atoms with van der Waals surface area (Å²) in [6.07, 6.45) is 16.7. The predicted molar refractivity (Wildman–Crippen MR) is 140 cm³/mol. The van der Waals surface area contributed by atoms with Crippen molar-refractivity contribution < 1.29 is 9.59 Å². The molecule has 3 saturated carbocycles. The first-order valence-electron chi connectivity index (χ1n) is 14.4. The van der Waals surface area contributed by atoms with Crippen LogP contribution >= 0.6 is 0 Å². The van der Waals surface area contributed by atoms with Crippen molar-refractivity contribution in [2.75, 3.05) is 19.6 Å². The SMILES string of the molecule is Cc1cc(=O)c(C(=O)NC[C@H]2C[C@H]3C=C[C@H]2C32CC2)c(CC2CCCC2)n1CCCN1CCCC1=O. The number of likely N-dealkylation sites (tertiary alicyclic amines) is 1. The number of nitrogens with one attached hydrogen (secondary N) is 1. The largest absolute Gasteiger partial charge is 0.352 e. The molecular formula is C30H41N3O3. The number of rotatable bonds is 9. The lowest BCUT2D eigenvalue weighted by Gasteiger charge is -2.24. The number of pyridine rings is 1. The molecule has 6 heteroatoms. The molecule has 0 radical (unpaired) electrons. The molecule has 0 aromatic carbocycles. The van der Waals surface area contributed by atoms with E-state index in [9.17, 15) is 14.4 Å². The van der Waals surface area contributed by atoms with Gasteiger partial charge in [-0.05, 0) is 74.5 Å². The highest BCUT2D eigenvalue weighted by atomic mass is 16.2. The first kappa shape index (κ1) is 24.0. The smallest absolute Gasteiger partial charge is 0.257 e. The minimum atomic E-state index is -0.187. The van der Waals surface area contributed by atoms with Crippen molar-refractivity contribution in [3.8, 4) is 0 Å². The maximum atomic E-state index is 13.6. The number of amides is 2. The van der Waals surface area contributed by atoms with E-state index in [-0.39, 0.29) is 17.2 Å². The summed E-state index contributed by atoms with van der Waals surface area (Å²) in [5.41, 5.74) is 2.57. The summed E-state index contributed by atoms with van der Waals surface area (Å²) in [7, 11) is 0. The number of aryl methyl sites for hydroxylation is 1. The molecule has 6 rings (SSSR count). The average Bonchev–Trinajstić information content (AvgIpc) is 3.12. The lowest BCUT2D eigenvalue weighted by molar-refractivity contribution is -0.127. The van der Waals surface area contributed by atoms with E-state index in [1.54, 1.807) is 6.07 Å². The minimum absolute atomic E-state index is 0.143. The fourth-order valence-electron chi connectivity index (χ4n) is 8.11. The minimum Gasteiger partial charge on any atom is -0.352 e. The Labute approximate surface area is 214 Å². The third kappa shape index (κ3) is 4.24. The van der Waals surface area contributed by atoms with Gasteiger partial charge >= 0.3 is 0 Å². The fraction of sp³-hybridized carbons (Fsp3) is 0.700. The molecular weight excluding hydrogens is 450 g/mol. The average molecular weight is 492 g/mol. The van der Waals surface area contributed by atoms with Gasteiger partial charge < -0.3 is 14.8 Å². The normalized spacial score (nSPS) is 28.1. The number of hydrogen-bond donors (Lipinski definition) is 1. The van der Waals surface area contributed by atoms with Gasteiger partial charge in [-0.25, -0.2) is 0 Å². The molecule has 2 bridgehead atoms. The Balaban J connectivity index is 1.21. The van der Waals surface area contributed by atoms with E-state index in [1.807, 2.05) is 11.8 Å². The Morgan fingerprint density at radius 3 is 2.61 bits per heavy atom. The van der Waals surface area contributed by atoms with Crippen LogP contribution in [0.15, 0.2) is 23.0 Å². The highest BCUT2D eigenvalue weighted by Crippen LogP contribution is 2.69. The van der Waals surface area contributed by atoms with Crippen molar-refractivity contribution in [1.29, 1.82) is 0 Å². The summed E-state index contributed by atoms with van der Waals surface area (Å²) in [4.78, 5) is 40.9. The number of allylic oxidation sites excluding steroid dienone is 2. The summed E-state index contributed by atoms with van der Waals surface area (Å²) in [5.74, 6) is 2.39. The summed E-state index contributed by atoms with van der Waals surface area (Å²) < 4.78 is 2.22. The van der Waals surface area contributed by atoms with Crippen LogP contribution in [-0.4, -0.2) is 40.9 Å². The van der Waals surface area contributed by atoms with Crippen LogP contribution in [0.25, 0.3) is 0 Å². The van der Waals surface area contributed by atoms with E-state index in [4.69, 9.17) is 0 Å². The molecule has 1 N–H and O–H groups in total. The second-order valence-electron chi connectivity index (χ2n) is 12.3. The zero-order chi connectivity index (χ0) is 24.9. The van der Waals surface area contributed by atoms with Gasteiger partial charge in [0.25, 0.3) is 5.91 Å². The van der Waals surface area contributed by atoms with Crippen molar-refractivity contribution >= 4 is 11.8 Å². The first-order valence-corrected chi connectivity index (χ1v) is 14.4. The van der Waals surface area contributed by atoms with E-state index in [1.165, 1.54) is 44.9 Å². The molecule has 1 saturated heterocycles. The van der Waals surface area contributed by atoms with Crippen molar-refractivity contribution in [3.05, 3.63) is 45.4 Å². The quantitative estimate of drug-likeness (QED) is 0.526. The lowest BCUT2D eigenvalue weighted by atomic mass is 9.89. The lowest BCUT2D eigenvalue weighted by Crippen LogP contribution is -2.37. The number of nitrogens with zero attached hydrogens (tertiary/aromatic N) is 2. The van der Waals surface area contributed by atoms with Crippen LogP contribution in [0.3, 0.4) is 0 Å². The second kappa shape index (κ2) is 9.50. The van der Waals surface area contributed by atoms with E-state index in [0.717, 1.165) is 50.3 Å². The van der Waals surface area contributed by atoms with Gasteiger partial charge in [0.05, 0.1) is 0 Å². The molecule has 2 amide bonds. The van der Waals surface area contributed by atoms with Gasteiger partial charge in [0.2, 0.25) is 5.91 Å². The molecule has 1 spiro atoms. The highest BCUT2D eigenvalue weighted by molar-refractivity contribution is 5.95. The van der Waals surface area contributed by atoms with Crippen LogP contribution in [0, 0.1) is 36.0 Å². The summed E-state index contributed by atoms with van der Waals surface area (Å²) in [6, 6.07) is 1.65. The Kier molecular flexibility index (Phi) is 6.33. The summed E-state index contributed by atoms with van der Waals surface area (Å²) in [5, 5.41) is 3.21. The molecule has 1 aliphatic heterocycles. The fourth-order valence-corrected chi connectivity index (χ4v) is 8.11. The number of carbonyl (C=O) groups excluding carboxylic acids is 2. The maximum absolute atomic E-state index is 13.6. The van der Waals surface area contributed by atoms with Gasteiger partial charge in [0.15, 0.2) is 5.43 Å². The molecule has 1 aromatic rings. The third-order valence-corrected chi connectivity index (χ3v) is 10.2. The molecule has 2 heterocycles. The van der Waals surface area contributed by atoms with Crippen LogP contribution in [0.2, 0.25) is 0 Å². The first-order chi connectivity index (χ1) is 17.5. The summed E-state index contributed by atoms with van der Waals surface area (Å²) >= 11 is 0. The van der Waals surface area contributed by atoms with E-state index >= 15 is 0 Å². The zero-order valence-corrected chi connectivity index (χ0v) is 21.8. The van der Waals surface area contributed by atoms with Crippen molar-refractivity contribution in [2.24, 2.45) is 29.1 Å². The van der Waals surface area contributed by atoms with E-state index in [0.29, 0.717) is 47.6 Å². The molecule has 4 fully saturated rings. The maximum Gasteiger partial charge on any atom is 0.257 e. The molecule has 6 nitrogen and oxygen atoms in total. The Morgan fingerprint density at radius 1 is 1.11 bits per heavy atom. The molecule has 3 atom stereocenters. The van der Waals surface area contributed by atoms with Crippen LogP contribution in [-0.2, 0) is 17.8 Å². The van der Waals surface area contributed by atoms with E-state index in [2.05, 4.69) is 22.0 Å². The molecule has 4 aliphatic carbocycles. The number of carbonyl (C=O) groups is 2. The van der Waals surface area contributed by atoms with Crippen molar-refractivity contribution in [3.63, 3.8) is 0 Å². The molecule has 0 unspecified atom stereocenters. The van der Waals surface area contributed by atoms with Crippen molar-refractivity contribution in [2.45, 2.75) is 84.1 Å². The molecule has 1 aromatic heterocycles. The third-order valence-electron chi connectivity index (χ3n) is 10.2. The Morgan fingerprint density at radius 2 is 1.92 bits per heavy atom. The Bertz CT molecular complexity index is 1120. The number of aromatic nitrogens is 1. The van der Waals surface area contributed by atoms with Gasteiger partial charge in [-0.3, -0.25) is 14.4 Å². The van der Waals surface area contributed by atoms with Crippen molar-refractivity contribution in [1.82, 2.24) is 14.8 Å². The van der Waals surface area contributed by atoms with Gasteiger partial charge in [-0.1, -0.05) is 37.8 Å². The highest BCUT2D eigenvalue weighted by Gasteiger charge is 2.62. The second-order valence-corrected chi connectivity index (χ2v) is 12.3. The van der Waals surface area contributed by atoms with Crippen LogP contribution in [0.1, 0.15) is 86.0 Å². The van der Waals surface area contributed by atoms with Crippen LogP contribution < -0.4 is 10.7 Å². The van der Waals surface area contributed by atoms with Gasteiger partial charge in [-0.2, -0.15) is 0 Å². The Hall–Kier alpha value is -2.37. The molecule has 5 aliphatic rings. The predicted octanol–water partition coefficient (Wildman–Crippen LogP) is 4.23. The summed E-state index contributed by atoms with van der Waals surface area (Å²) in [6.45, 7) is 4.98. The van der Waals surface area contributed by atoms with Gasteiger partial charge in [-0.15, -0.1) is 0 Å². The zero-order valence-electron chi connectivity index (χ0n) is 21.8. The monoisotopic (exact) mass is 491 g/mol. The molecule has 36 heavy (non-hydrogen) atoms. The molecule has 194 valence electrons. The van der Waals surface area contributed by atoms with Crippen LogP contribution in [0.4, 0.5) is 0 Å². The standard InChI is InChI=1S/C30H41N3O3/c1-20-16-26(34)28(29(36)31-19-22-18-23-9-10-24(22)30(23)11-12-30)25(17-21-6-2-3-7-21)33(20)15-5-14-32-13-4-8-27(32)35/h9-10,16,21-24H,2-8,11-15,17-19H2,1H3,(H,31,36)/t22-,23-,24-/m1/s1. The van der Waals surface area contributed by atoms with Gasteiger partial charge in [0.1, 0.15) is 5.56 Å². The van der Waals surface area contributed by atoms with E-state index < -0.39 is 0 Å². The van der Waals surface area contributed by atoms with Crippen LogP contribution in [0.5, 0.6) is 0 Å². The number of hydrogen-bond acceptors (Lipinski definition) is 3. The topological polar surface area (TPSA) is 71.4 Å². The van der Waals surface area contributed by atoms with Gasteiger partial charge in [0, 0.05) is 50.1 Å².